The Balaban J connectivity index is 1.31. The van der Waals surface area contributed by atoms with Gasteiger partial charge >= 0.3 is 0 Å². The molecule has 3 atom stereocenters. The second-order valence-electron chi connectivity index (χ2n) is 10.2. The minimum Gasteiger partial charge on any atom is -0.365 e. The van der Waals surface area contributed by atoms with Crippen molar-refractivity contribution < 1.29 is 4.39 Å². The van der Waals surface area contributed by atoms with Crippen LogP contribution in [0.4, 0.5) is 21.8 Å². The molecule has 5 rings (SSSR count). The summed E-state index contributed by atoms with van der Waals surface area (Å²) in [6.07, 6.45) is 5.57. The Hall–Kier alpha value is -2.83. The molecule has 0 radical (unpaired) electrons. The summed E-state index contributed by atoms with van der Waals surface area (Å²) in [6.45, 7) is 8.25. The van der Waals surface area contributed by atoms with Crippen LogP contribution in [0.15, 0.2) is 35.6 Å². The molecule has 1 unspecified atom stereocenters. The number of nitrogens with two attached hydrogens (primary N) is 1. The second kappa shape index (κ2) is 10.3. The van der Waals surface area contributed by atoms with Crippen molar-refractivity contribution in [3.8, 4) is 5.69 Å². The zero-order chi connectivity index (χ0) is 25.3. The van der Waals surface area contributed by atoms with Crippen molar-refractivity contribution >= 4 is 29.2 Å². The zero-order valence-electron chi connectivity index (χ0n) is 20.9. The van der Waals surface area contributed by atoms with Crippen LogP contribution in [0.2, 0.25) is 0 Å². The van der Waals surface area contributed by atoms with E-state index >= 15 is 0 Å². The molecule has 0 spiro atoms. The minimum atomic E-state index is -0.453. The fraction of sp³-hybridized carbons (Fsp3) is 0.542. The number of rotatable bonds is 8. The number of fused-ring (bicyclic) bond motifs is 1. The van der Waals surface area contributed by atoms with Crippen molar-refractivity contribution in [3.63, 3.8) is 0 Å². The summed E-state index contributed by atoms with van der Waals surface area (Å²) in [4.78, 5) is 11.2. The molecular formula is C24H33FN10S. The number of nitrogens with one attached hydrogen (secondary N) is 2. The highest BCUT2D eigenvalue weighted by atomic mass is 32.2. The van der Waals surface area contributed by atoms with Gasteiger partial charge in [-0.05, 0) is 74.7 Å². The lowest BCUT2D eigenvalue weighted by Gasteiger charge is -2.47. The molecule has 2 aliphatic heterocycles. The van der Waals surface area contributed by atoms with E-state index in [9.17, 15) is 4.39 Å². The highest BCUT2D eigenvalue weighted by Crippen LogP contribution is 2.38. The predicted molar refractivity (Wildman–Crippen MR) is 139 cm³/mol. The van der Waals surface area contributed by atoms with E-state index in [1.54, 1.807) is 4.68 Å². The summed E-state index contributed by atoms with van der Waals surface area (Å²) < 4.78 is 16.4. The van der Waals surface area contributed by atoms with Crippen molar-refractivity contribution in [2.45, 2.75) is 74.5 Å². The number of piperidine rings is 1. The lowest BCUT2D eigenvalue weighted by atomic mass is 9.84. The molecule has 2 aromatic heterocycles. The van der Waals surface area contributed by atoms with Crippen LogP contribution in [0, 0.1) is 5.82 Å². The summed E-state index contributed by atoms with van der Waals surface area (Å²) in [7, 11) is 0. The van der Waals surface area contributed by atoms with Gasteiger partial charge in [-0.2, -0.15) is 9.67 Å². The van der Waals surface area contributed by atoms with Crippen molar-refractivity contribution in [1.82, 2.24) is 35.1 Å². The zero-order valence-corrected chi connectivity index (χ0v) is 21.7. The molecule has 192 valence electrons. The smallest absolute Gasteiger partial charge is 0.229 e. The molecule has 12 heteroatoms. The van der Waals surface area contributed by atoms with E-state index in [1.165, 1.54) is 30.8 Å². The molecular weight excluding hydrogens is 479 g/mol. The van der Waals surface area contributed by atoms with Gasteiger partial charge in [-0.1, -0.05) is 24.8 Å². The molecule has 2 fully saturated rings. The van der Waals surface area contributed by atoms with Crippen LogP contribution in [0.3, 0.4) is 0 Å². The van der Waals surface area contributed by atoms with Crippen molar-refractivity contribution in [2.24, 2.45) is 5.73 Å². The van der Waals surface area contributed by atoms with Crippen molar-refractivity contribution in [2.75, 3.05) is 23.7 Å². The Bertz CT molecular complexity index is 1200. The molecule has 0 bridgehead atoms. The van der Waals surface area contributed by atoms with E-state index in [0.29, 0.717) is 23.7 Å². The topological polar surface area (TPSA) is 123 Å². The highest BCUT2D eigenvalue weighted by molar-refractivity contribution is 7.99. The van der Waals surface area contributed by atoms with E-state index in [-0.39, 0.29) is 22.6 Å². The molecule has 4 heterocycles. The van der Waals surface area contributed by atoms with Crippen LogP contribution in [-0.2, 0) is 0 Å². The van der Waals surface area contributed by atoms with Crippen LogP contribution in [-0.4, -0.2) is 71.0 Å². The first-order valence-electron chi connectivity index (χ1n) is 12.4. The van der Waals surface area contributed by atoms with Crippen LogP contribution < -0.4 is 16.4 Å². The van der Waals surface area contributed by atoms with E-state index in [0.717, 1.165) is 30.8 Å². The third kappa shape index (κ3) is 5.30. The van der Waals surface area contributed by atoms with Gasteiger partial charge in [-0.25, -0.2) is 9.37 Å². The molecule has 1 aromatic carbocycles. The first kappa shape index (κ1) is 24.8. The lowest BCUT2D eigenvalue weighted by Crippen LogP contribution is -2.55. The fourth-order valence-electron chi connectivity index (χ4n) is 5.33. The number of tetrazole rings is 1. The maximum absolute atomic E-state index is 14.7. The Morgan fingerprint density at radius 1 is 1.33 bits per heavy atom. The van der Waals surface area contributed by atoms with E-state index in [4.69, 9.17) is 5.73 Å². The molecule has 36 heavy (non-hydrogen) atoms. The van der Waals surface area contributed by atoms with Gasteiger partial charge in [-0.15, -0.1) is 5.10 Å². The number of hydrogen-bond donors (Lipinski definition) is 3. The van der Waals surface area contributed by atoms with Crippen LogP contribution in [0.1, 0.15) is 46.5 Å². The summed E-state index contributed by atoms with van der Waals surface area (Å²) >= 11 is 1.51. The number of nitrogens with zero attached hydrogens (tertiary/aromatic N) is 7. The van der Waals surface area contributed by atoms with Gasteiger partial charge in [0.1, 0.15) is 0 Å². The van der Waals surface area contributed by atoms with E-state index < -0.39 is 5.82 Å². The quantitative estimate of drug-likeness (QED) is 0.386. The molecule has 0 saturated carbocycles. The predicted octanol–water partition coefficient (Wildman–Crippen LogP) is 3.59. The third-order valence-corrected chi connectivity index (χ3v) is 8.03. The number of hydrogen-bond acceptors (Lipinski definition) is 10. The Labute approximate surface area is 214 Å². The monoisotopic (exact) mass is 512 g/mol. The SMILES string of the molecule is CC(CN)Sc1nnnn1-c1cccc(Nc2ncc(F)c(N[C@@H]3C[C@@H]4CCCN4C(C)(C)C3)n2)c1. The number of anilines is 3. The highest BCUT2D eigenvalue weighted by Gasteiger charge is 2.43. The average Bonchev–Trinajstić information content (AvgIpc) is 3.51. The van der Waals surface area contributed by atoms with Gasteiger partial charge in [0.2, 0.25) is 11.1 Å². The average molecular weight is 513 g/mol. The number of thioether (sulfide) groups is 1. The summed E-state index contributed by atoms with van der Waals surface area (Å²) in [5, 5.41) is 19.4. The van der Waals surface area contributed by atoms with E-state index in [1.807, 2.05) is 31.2 Å². The Morgan fingerprint density at radius 3 is 3.03 bits per heavy atom. The Kier molecular flexibility index (Phi) is 7.09. The lowest BCUT2D eigenvalue weighted by molar-refractivity contribution is 0.0500. The summed E-state index contributed by atoms with van der Waals surface area (Å²) in [6, 6.07) is 8.28. The number of aromatic nitrogens is 6. The van der Waals surface area contributed by atoms with Gasteiger partial charge in [0.15, 0.2) is 11.6 Å². The normalized spacial score (nSPS) is 22.2. The van der Waals surface area contributed by atoms with Crippen LogP contribution in [0.5, 0.6) is 0 Å². The maximum atomic E-state index is 14.7. The molecule has 0 aliphatic carbocycles. The molecule has 3 aromatic rings. The van der Waals surface area contributed by atoms with E-state index in [2.05, 4.69) is 54.9 Å². The first-order chi connectivity index (χ1) is 17.3. The number of halogens is 1. The van der Waals surface area contributed by atoms with Crippen molar-refractivity contribution in [1.29, 1.82) is 0 Å². The van der Waals surface area contributed by atoms with Crippen LogP contribution >= 0.6 is 11.8 Å². The summed E-state index contributed by atoms with van der Waals surface area (Å²) in [5.74, 6) is 0.0906. The van der Waals surface area contributed by atoms with Gasteiger partial charge in [0.05, 0.1) is 11.9 Å². The van der Waals surface area contributed by atoms with Crippen LogP contribution in [0.25, 0.3) is 5.69 Å². The largest absolute Gasteiger partial charge is 0.365 e. The second-order valence-corrected chi connectivity index (χ2v) is 11.6. The molecule has 10 nitrogen and oxygen atoms in total. The minimum absolute atomic E-state index is 0.0808. The van der Waals surface area contributed by atoms with Gasteiger partial charge in [0.25, 0.3) is 0 Å². The van der Waals surface area contributed by atoms with Gasteiger partial charge in [0, 0.05) is 35.1 Å². The fourth-order valence-corrected chi connectivity index (χ4v) is 6.11. The molecule has 2 aliphatic rings. The first-order valence-corrected chi connectivity index (χ1v) is 13.3. The van der Waals surface area contributed by atoms with Gasteiger partial charge < -0.3 is 16.4 Å². The van der Waals surface area contributed by atoms with Gasteiger partial charge in [-0.3, -0.25) is 4.90 Å². The van der Waals surface area contributed by atoms with Crippen molar-refractivity contribution in [3.05, 3.63) is 36.3 Å². The molecule has 0 amide bonds. The Morgan fingerprint density at radius 2 is 2.19 bits per heavy atom. The maximum Gasteiger partial charge on any atom is 0.229 e. The standard InChI is InChI=1S/C24H33FN10S/c1-15(13-26)36-23-31-32-33-35(23)19-7-4-6-16(10-19)29-22-27-14-20(25)21(30-22)28-17-11-18-8-5-9-34(18)24(2,3)12-17/h4,6-7,10,14-15,17-18H,5,8-9,11-13,26H2,1-3H3,(H2,27,28,29,30)/t15?,17-,18+/m1/s1. The summed E-state index contributed by atoms with van der Waals surface area (Å²) in [5.41, 5.74) is 7.35. The molecule has 4 N–H and O–H groups in total. The molecule has 2 saturated heterocycles. The third-order valence-electron chi connectivity index (χ3n) is 6.97. The number of benzene rings is 1.